The van der Waals surface area contributed by atoms with Crippen LogP contribution in [0.1, 0.15) is 11.9 Å². The predicted molar refractivity (Wildman–Crippen MR) is 107 cm³/mol. The molecule has 0 aliphatic carbocycles. The summed E-state index contributed by atoms with van der Waals surface area (Å²) in [5.41, 5.74) is 1.08. The summed E-state index contributed by atoms with van der Waals surface area (Å²) < 4.78 is 7.02. The molecule has 3 aromatic rings. The highest BCUT2D eigenvalue weighted by Crippen LogP contribution is 2.20. The number of amides is 1. The fourth-order valence-electron chi connectivity index (χ4n) is 3.44. The Morgan fingerprint density at radius 1 is 1.15 bits per heavy atom. The van der Waals surface area contributed by atoms with Gasteiger partial charge in [0.1, 0.15) is 17.3 Å². The monoisotopic (exact) mass is 382 g/mol. The Bertz CT molecular complexity index is 871. The van der Waals surface area contributed by atoms with E-state index in [0.29, 0.717) is 0 Å². The molecule has 1 N–H and O–H groups in total. The molecule has 0 saturated carbocycles. The second kappa shape index (κ2) is 8.06. The maximum Gasteiger partial charge on any atom is 0.263 e. The number of fused-ring (bicyclic) bond motifs is 1. The molecule has 27 heavy (non-hydrogen) atoms. The molecule has 0 radical (unpaired) electrons. The molecular weight excluding hydrogens is 358 g/mol. The number of hydrogen-bond donors (Lipinski definition) is 1. The number of ether oxygens (including phenoxy) is 1. The molecule has 2 aromatic carbocycles. The molecule has 1 fully saturated rings. The third kappa shape index (κ3) is 4.28. The van der Waals surface area contributed by atoms with E-state index in [2.05, 4.69) is 18.2 Å². The molecule has 1 aliphatic heterocycles. The molecule has 0 bridgehead atoms. The highest BCUT2D eigenvalue weighted by Gasteiger charge is 2.28. The zero-order valence-corrected chi connectivity index (χ0v) is 16.2. The molecule has 1 atom stereocenters. The van der Waals surface area contributed by atoms with Crippen LogP contribution in [0.4, 0.5) is 0 Å². The van der Waals surface area contributed by atoms with Crippen LogP contribution in [0.25, 0.3) is 10.2 Å². The lowest BCUT2D eigenvalue weighted by atomic mass is 10.2. The number of piperazine rings is 1. The third-order valence-corrected chi connectivity index (χ3v) is 5.96. The van der Waals surface area contributed by atoms with Gasteiger partial charge in [-0.25, -0.2) is 4.98 Å². The van der Waals surface area contributed by atoms with Crippen molar-refractivity contribution in [3.63, 3.8) is 0 Å². The van der Waals surface area contributed by atoms with E-state index in [9.17, 15) is 4.79 Å². The summed E-state index contributed by atoms with van der Waals surface area (Å²) in [5, 5.41) is 1.17. The number of nitrogens with one attached hydrogen (secondary N) is 1. The van der Waals surface area contributed by atoms with E-state index in [0.717, 1.165) is 44.0 Å². The van der Waals surface area contributed by atoms with Crippen molar-refractivity contribution in [2.75, 3.05) is 26.2 Å². The van der Waals surface area contributed by atoms with Gasteiger partial charge in [0.25, 0.3) is 5.91 Å². The van der Waals surface area contributed by atoms with Gasteiger partial charge in [0.15, 0.2) is 6.10 Å². The molecule has 1 amide bonds. The minimum absolute atomic E-state index is 0.0675. The number of carbonyl (C=O) groups is 1. The van der Waals surface area contributed by atoms with Gasteiger partial charge in [0.2, 0.25) is 0 Å². The second-order valence-corrected chi connectivity index (χ2v) is 8.02. The van der Waals surface area contributed by atoms with Crippen LogP contribution in [-0.4, -0.2) is 48.1 Å². The van der Waals surface area contributed by atoms with Crippen molar-refractivity contribution < 1.29 is 14.4 Å². The normalized spacial score (nSPS) is 16.4. The summed E-state index contributed by atoms with van der Waals surface area (Å²) in [6.07, 6.45) is -0.460. The first kappa shape index (κ1) is 17.9. The number of rotatable bonds is 5. The number of quaternary nitrogens is 1. The van der Waals surface area contributed by atoms with Crippen LogP contribution in [0.15, 0.2) is 54.6 Å². The number of aromatic nitrogens is 1. The maximum absolute atomic E-state index is 12.7. The second-order valence-electron chi connectivity index (χ2n) is 6.90. The lowest BCUT2D eigenvalue weighted by molar-refractivity contribution is -0.917. The van der Waals surface area contributed by atoms with Crippen molar-refractivity contribution in [3.05, 3.63) is 59.6 Å². The van der Waals surface area contributed by atoms with Crippen LogP contribution < -0.4 is 9.64 Å². The van der Waals surface area contributed by atoms with Gasteiger partial charge in [-0.05, 0) is 31.2 Å². The lowest BCUT2D eigenvalue weighted by Gasteiger charge is -2.33. The maximum atomic E-state index is 12.7. The van der Waals surface area contributed by atoms with E-state index in [1.807, 2.05) is 48.2 Å². The Morgan fingerprint density at radius 2 is 1.85 bits per heavy atom. The molecule has 1 aliphatic rings. The average molecular weight is 383 g/mol. The highest BCUT2D eigenvalue weighted by molar-refractivity contribution is 7.18. The van der Waals surface area contributed by atoms with Crippen LogP contribution in [-0.2, 0) is 11.3 Å². The molecule has 1 saturated heterocycles. The molecule has 6 heteroatoms. The van der Waals surface area contributed by atoms with Crippen LogP contribution >= 0.6 is 11.3 Å². The zero-order chi connectivity index (χ0) is 18.6. The number of hydrogen-bond acceptors (Lipinski definition) is 4. The Labute approximate surface area is 163 Å². The van der Waals surface area contributed by atoms with Crippen LogP contribution in [0.3, 0.4) is 0 Å². The van der Waals surface area contributed by atoms with Crippen molar-refractivity contribution >= 4 is 27.5 Å². The molecule has 5 nitrogen and oxygen atoms in total. The highest BCUT2D eigenvalue weighted by atomic mass is 32.1. The van der Waals surface area contributed by atoms with E-state index < -0.39 is 6.10 Å². The van der Waals surface area contributed by atoms with Crippen molar-refractivity contribution in [1.82, 2.24) is 9.88 Å². The fraction of sp³-hybridized carbons (Fsp3) is 0.333. The molecular formula is C21H24N3O2S+. The Hall–Kier alpha value is -2.44. The number of benzene rings is 2. The quantitative estimate of drug-likeness (QED) is 0.734. The van der Waals surface area contributed by atoms with Gasteiger partial charge in [-0.3, -0.25) is 4.79 Å². The molecule has 4 rings (SSSR count). The van der Waals surface area contributed by atoms with E-state index in [1.54, 1.807) is 11.3 Å². The van der Waals surface area contributed by atoms with Gasteiger partial charge in [-0.2, -0.15) is 0 Å². The number of para-hydroxylation sites is 2. The molecule has 140 valence electrons. The van der Waals surface area contributed by atoms with Gasteiger partial charge in [-0.1, -0.05) is 30.3 Å². The Balaban J connectivity index is 1.29. The smallest absolute Gasteiger partial charge is 0.263 e. The first-order valence-corrected chi connectivity index (χ1v) is 10.2. The summed E-state index contributed by atoms with van der Waals surface area (Å²) >= 11 is 1.77. The van der Waals surface area contributed by atoms with Crippen molar-refractivity contribution in [3.8, 4) is 5.75 Å². The van der Waals surface area contributed by atoms with Gasteiger partial charge >= 0.3 is 0 Å². The van der Waals surface area contributed by atoms with E-state index >= 15 is 0 Å². The first-order valence-electron chi connectivity index (χ1n) is 9.37. The Morgan fingerprint density at radius 3 is 2.59 bits per heavy atom. The van der Waals surface area contributed by atoms with E-state index in [-0.39, 0.29) is 5.91 Å². The minimum atomic E-state index is -0.460. The molecule has 0 spiro atoms. The van der Waals surface area contributed by atoms with Gasteiger partial charge in [-0.15, -0.1) is 11.3 Å². The molecule has 0 unspecified atom stereocenters. The molecule has 2 heterocycles. The van der Waals surface area contributed by atoms with Crippen molar-refractivity contribution in [2.24, 2.45) is 0 Å². The largest absolute Gasteiger partial charge is 0.481 e. The van der Waals surface area contributed by atoms with Crippen molar-refractivity contribution in [2.45, 2.75) is 19.6 Å². The van der Waals surface area contributed by atoms with E-state index in [4.69, 9.17) is 9.72 Å². The number of thiazole rings is 1. The molecule has 1 aromatic heterocycles. The summed E-state index contributed by atoms with van der Waals surface area (Å²) in [7, 11) is 0. The third-order valence-electron chi connectivity index (χ3n) is 4.93. The van der Waals surface area contributed by atoms with Gasteiger partial charge in [0.05, 0.1) is 36.4 Å². The summed E-state index contributed by atoms with van der Waals surface area (Å²) in [4.78, 5) is 20.8. The summed E-state index contributed by atoms with van der Waals surface area (Å²) in [5.74, 6) is 0.802. The van der Waals surface area contributed by atoms with Gasteiger partial charge in [0, 0.05) is 0 Å². The lowest BCUT2D eigenvalue weighted by Crippen LogP contribution is -3.13. The summed E-state index contributed by atoms with van der Waals surface area (Å²) in [6, 6.07) is 17.8. The van der Waals surface area contributed by atoms with Gasteiger partial charge < -0.3 is 14.5 Å². The SMILES string of the molecule is C[C@H](Oc1ccccc1)C(=O)N1CC[NH+](Cc2nc3ccccc3s2)CC1. The van der Waals surface area contributed by atoms with Crippen LogP contribution in [0.2, 0.25) is 0 Å². The topological polar surface area (TPSA) is 46.9 Å². The fourth-order valence-corrected chi connectivity index (χ4v) is 4.48. The van der Waals surface area contributed by atoms with Crippen molar-refractivity contribution in [1.29, 1.82) is 0 Å². The Kier molecular flexibility index (Phi) is 5.36. The number of nitrogens with zero attached hydrogens (tertiary/aromatic N) is 2. The zero-order valence-electron chi connectivity index (χ0n) is 15.4. The number of carbonyl (C=O) groups excluding carboxylic acids is 1. The standard InChI is InChI=1S/C21H23N3O2S/c1-16(26-17-7-3-2-4-8-17)21(25)24-13-11-23(12-14-24)15-20-22-18-9-5-6-10-19(18)27-20/h2-10,16H,11-15H2,1H3/p+1/t16-/m0/s1. The van der Waals surface area contributed by atoms with Crippen LogP contribution in [0, 0.1) is 0 Å². The summed E-state index contributed by atoms with van der Waals surface area (Å²) in [6.45, 7) is 6.18. The average Bonchev–Trinajstić information content (AvgIpc) is 3.11. The minimum Gasteiger partial charge on any atom is -0.481 e. The predicted octanol–water partition coefficient (Wildman–Crippen LogP) is 1.99. The van der Waals surface area contributed by atoms with Crippen LogP contribution in [0.5, 0.6) is 5.75 Å². The van der Waals surface area contributed by atoms with E-state index in [1.165, 1.54) is 14.6 Å². The first-order chi connectivity index (χ1) is 13.2.